The van der Waals surface area contributed by atoms with Crippen LogP contribution in [-0.4, -0.2) is 40.0 Å². The van der Waals surface area contributed by atoms with E-state index < -0.39 is 0 Å². The molecule has 140 valence electrons. The lowest BCUT2D eigenvalue weighted by molar-refractivity contribution is 0.256. The van der Waals surface area contributed by atoms with Gasteiger partial charge in [0, 0.05) is 37.1 Å². The van der Waals surface area contributed by atoms with Gasteiger partial charge in [-0.15, -0.1) is 0 Å². The average Bonchev–Trinajstić information content (AvgIpc) is 3.31. The van der Waals surface area contributed by atoms with Gasteiger partial charge in [0.05, 0.1) is 0 Å². The highest BCUT2D eigenvalue weighted by Gasteiger charge is 2.39. The Kier molecular flexibility index (Phi) is 3.90. The van der Waals surface area contributed by atoms with Crippen molar-refractivity contribution >= 4 is 27.8 Å². The molecule has 1 spiro atoms. The van der Waals surface area contributed by atoms with Crippen molar-refractivity contribution < 1.29 is 0 Å². The van der Waals surface area contributed by atoms with Gasteiger partial charge in [-0.05, 0) is 48.2 Å². The molecule has 2 fully saturated rings. The first-order valence-electron chi connectivity index (χ1n) is 9.88. The lowest BCUT2D eigenvalue weighted by Crippen LogP contribution is -2.24. The molecule has 3 aromatic rings. The van der Waals surface area contributed by atoms with Gasteiger partial charge < -0.3 is 10.3 Å². The highest BCUT2D eigenvalue weighted by Crippen LogP contribution is 2.45. The van der Waals surface area contributed by atoms with E-state index in [1.807, 2.05) is 12.1 Å². The number of rotatable bonds is 3. The number of aromatic amines is 1. The van der Waals surface area contributed by atoms with Crippen LogP contribution in [0.25, 0.3) is 21.8 Å². The molecule has 27 heavy (non-hydrogen) atoms. The number of anilines is 1. The van der Waals surface area contributed by atoms with E-state index in [9.17, 15) is 4.79 Å². The van der Waals surface area contributed by atoms with Crippen molar-refractivity contribution in [2.24, 2.45) is 5.41 Å². The van der Waals surface area contributed by atoms with Crippen LogP contribution in [0.1, 0.15) is 37.7 Å². The van der Waals surface area contributed by atoms with Crippen LogP contribution in [0.3, 0.4) is 0 Å². The van der Waals surface area contributed by atoms with Crippen LogP contribution in [-0.2, 0) is 6.54 Å². The molecule has 6 heteroatoms. The third-order valence-corrected chi connectivity index (χ3v) is 6.45. The Hall–Kier alpha value is -2.47. The number of nitrogens with zero attached hydrogens (tertiary/aromatic N) is 3. The SMILES string of the molecule is CNc1ncc2c(n1)[nH]c(=O)c1cc(CN3CCC4(CCCC4)C3)ccc12. The zero-order valence-corrected chi connectivity index (χ0v) is 15.7. The summed E-state index contributed by atoms with van der Waals surface area (Å²) < 4.78 is 0. The second-order valence-corrected chi connectivity index (χ2v) is 8.21. The molecule has 2 aliphatic rings. The summed E-state index contributed by atoms with van der Waals surface area (Å²) in [5.41, 5.74) is 2.26. The second kappa shape index (κ2) is 6.30. The number of nitrogens with one attached hydrogen (secondary N) is 2. The zero-order chi connectivity index (χ0) is 18.4. The van der Waals surface area contributed by atoms with Crippen LogP contribution < -0.4 is 10.9 Å². The standard InChI is InChI=1S/C21H25N5O/c1-22-20-23-11-17-15-5-4-14(10-16(15)19(27)24-18(17)25-20)12-26-9-8-21(13-26)6-2-3-7-21/h4-5,10-11H,2-3,6-9,12-13H2,1H3,(H2,22,23,24,25,27). The maximum absolute atomic E-state index is 12.6. The molecule has 0 radical (unpaired) electrons. The lowest BCUT2D eigenvalue weighted by Gasteiger charge is -2.23. The summed E-state index contributed by atoms with van der Waals surface area (Å²) in [5.74, 6) is 0.504. The van der Waals surface area contributed by atoms with Crippen LogP contribution in [0, 0.1) is 5.41 Å². The van der Waals surface area contributed by atoms with Gasteiger partial charge in [0.15, 0.2) is 0 Å². The highest BCUT2D eigenvalue weighted by atomic mass is 16.1. The van der Waals surface area contributed by atoms with Gasteiger partial charge in [-0.3, -0.25) is 9.69 Å². The normalized spacial score (nSPS) is 19.4. The molecule has 5 rings (SSSR count). The van der Waals surface area contributed by atoms with E-state index in [1.165, 1.54) is 50.8 Å². The summed E-state index contributed by atoms with van der Waals surface area (Å²) >= 11 is 0. The molecule has 1 aliphatic carbocycles. The van der Waals surface area contributed by atoms with Crippen LogP contribution in [0.5, 0.6) is 0 Å². The predicted octanol–water partition coefficient (Wildman–Crippen LogP) is 3.28. The molecular weight excluding hydrogens is 338 g/mol. The minimum Gasteiger partial charge on any atom is -0.357 e. The summed E-state index contributed by atoms with van der Waals surface area (Å²) in [4.78, 5) is 26.8. The first kappa shape index (κ1) is 16.7. The Balaban J connectivity index is 1.47. The molecule has 0 amide bonds. The van der Waals surface area contributed by atoms with Crippen molar-refractivity contribution in [2.45, 2.75) is 38.6 Å². The van der Waals surface area contributed by atoms with Gasteiger partial charge >= 0.3 is 0 Å². The predicted molar refractivity (Wildman–Crippen MR) is 108 cm³/mol. The van der Waals surface area contributed by atoms with E-state index in [0.29, 0.717) is 17.0 Å². The Morgan fingerprint density at radius 1 is 1.19 bits per heavy atom. The summed E-state index contributed by atoms with van der Waals surface area (Å²) in [6.07, 6.45) is 8.67. The minimum atomic E-state index is -0.0891. The van der Waals surface area contributed by atoms with E-state index in [0.717, 1.165) is 22.7 Å². The molecule has 0 bridgehead atoms. The number of H-pyrrole nitrogens is 1. The van der Waals surface area contributed by atoms with Gasteiger partial charge in [0.2, 0.25) is 5.95 Å². The molecule has 2 N–H and O–H groups in total. The van der Waals surface area contributed by atoms with Crippen LogP contribution in [0.15, 0.2) is 29.2 Å². The van der Waals surface area contributed by atoms with Gasteiger partial charge in [0.1, 0.15) is 5.65 Å². The molecule has 1 saturated heterocycles. The quantitative estimate of drug-likeness (QED) is 0.699. The largest absolute Gasteiger partial charge is 0.357 e. The molecular formula is C21H25N5O. The number of fused-ring (bicyclic) bond motifs is 3. The van der Waals surface area contributed by atoms with Gasteiger partial charge in [-0.25, -0.2) is 4.98 Å². The van der Waals surface area contributed by atoms with Crippen LogP contribution in [0.2, 0.25) is 0 Å². The number of aromatic nitrogens is 3. The van der Waals surface area contributed by atoms with Crippen LogP contribution in [0.4, 0.5) is 5.95 Å². The third kappa shape index (κ3) is 2.88. The van der Waals surface area contributed by atoms with E-state index in [1.54, 1.807) is 13.2 Å². The lowest BCUT2D eigenvalue weighted by atomic mass is 9.86. The molecule has 1 saturated carbocycles. The molecule has 0 unspecified atom stereocenters. The highest BCUT2D eigenvalue weighted by molar-refractivity contribution is 6.04. The summed E-state index contributed by atoms with van der Waals surface area (Å²) in [5, 5.41) is 5.41. The van der Waals surface area contributed by atoms with Gasteiger partial charge in [-0.2, -0.15) is 4.98 Å². The maximum Gasteiger partial charge on any atom is 0.257 e. The second-order valence-electron chi connectivity index (χ2n) is 8.21. The molecule has 2 aromatic heterocycles. The zero-order valence-electron chi connectivity index (χ0n) is 15.7. The molecule has 1 aliphatic heterocycles. The molecule has 6 nitrogen and oxygen atoms in total. The topological polar surface area (TPSA) is 73.9 Å². The van der Waals surface area contributed by atoms with Crippen molar-refractivity contribution in [1.82, 2.24) is 19.9 Å². The van der Waals surface area contributed by atoms with E-state index in [4.69, 9.17) is 0 Å². The monoisotopic (exact) mass is 363 g/mol. The maximum atomic E-state index is 12.6. The van der Waals surface area contributed by atoms with Crippen LogP contribution >= 0.6 is 0 Å². The smallest absolute Gasteiger partial charge is 0.257 e. The number of pyridine rings is 1. The van der Waals surface area contributed by atoms with E-state index in [-0.39, 0.29) is 5.56 Å². The summed E-state index contributed by atoms with van der Waals surface area (Å²) in [6.45, 7) is 3.30. The molecule has 3 heterocycles. The molecule has 1 aromatic carbocycles. The van der Waals surface area contributed by atoms with Crippen molar-refractivity contribution in [3.8, 4) is 0 Å². The minimum absolute atomic E-state index is 0.0891. The fourth-order valence-electron chi connectivity index (χ4n) is 5.04. The Morgan fingerprint density at radius 2 is 2.04 bits per heavy atom. The average molecular weight is 363 g/mol. The summed E-state index contributed by atoms with van der Waals surface area (Å²) in [7, 11) is 1.76. The Morgan fingerprint density at radius 3 is 2.85 bits per heavy atom. The van der Waals surface area contributed by atoms with Gasteiger partial charge in [0.25, 0.3) is 5.56 Å². The van der Waals surface area contributed by atoms with Gasteiger partial charge in [-0.1, -0.05) is 25.0 Å². The van der Waals surface area contributed by atoms with Crippen molar-refractivity contribution in [1.29, 1.82) is 0 Å². The van der Waals surface area contributed by atoms with E-state index >= 15 is 0 Å². The fraction of sp³-hybridized carbons (Fsp3) is 0.476. The fourth-order valence-corrected chi connectivity index (χ4v) is 5.04. The first-order chi connectivity index (χ1) is 13.2. The third-order valence-electron chi connectivity index (χ3n) is 6.45. The number of hydrogen-bond donors (Lipinski definition) is 2. The number of hydrogen-bond acceptors (Lipinski definition) is 5. The van der Waals surface area contributed by atoms with E-state index in [2.05, 4.69) is 31.2 Å². The molecule has 0 atom stereocenters. The Bertz CT molecular complexity index is 1070. The van der Waals surface area contributed by atoms with Crippen molar-refractivity contribution in [3.05, 3.63) is 40.3 Å². The first-order valence-corrected chi connectivity index (χ1v) is 9.88. The summed E-state index contributed by atoms with van der Waals surface area (Å²) in [6, 6.07) is 6.23. The number of benzene rings is 1. The Labute approximate surface area is 158 Å². The van der Waals surface area contributed by atoms with Crippen molar-refractivity contribution in [3.63, 3.8) is 0 Å². The number of likely N-dealkylation sites (tertiary alicyclic amines) is 1. The van der Waals surface area contributed by atoms with Crippen molar-refractivity contribution in [2.75, 3.05) is 25.5 Å².